The van der Waals surface area contributed by atoms with Gasteiger partial charge in [0.1, 0.15) is 0 Å². The van der Waals surface area contributed by atoms with Crippen molar-refractivity contribution in [1.82, 2.24) is 15.1 Å². The molecular weight excluding hydrogens is 330 g/mol. The highest BCUT2D eigenvalue weighted by atomic mass is 16.3. The maximum absolute atomic E-state index is 12.8. The fourth-order valence-electron chi connectivity index (χ4n) is 3.37. The minimum absolute atomic E-state index is 0.0368. The van der Waals surface area contributed by atoms with Crippen molar-refractivity contribution in [2.24, 2.45) is 0 Å². The minimum atomic E-state index is -0.453. The lowest BCUT2D eigenvalue weighted by atomic mass is 10.0. The first kappa shape index (κ1) is 20.4. The number of hydrogen-bond donors (Lipinski definition) is 2. The van der Waals surface area contributed by atoms with Crippen molar-refractivity contribution in [2.75, 3.05) is 26.2 Å². The zero-order valence-electron chi connectivity index (χ0n) is 16.1. The van der Waals surface area contributed by atoms with Gasteiger partial charge in [0.2, 0.25) is 11.8 Å². The van der Waals surface area contributed by atoms with E-state index in [0.29, 0.717) is 26.1 Å². The molecule has 1 saturated heterocycles. The Morgan fingerprint density at radius 2 is 2.12 bits per heavy atom. The molecule has 0 spiro atoms. The van der Waals surface area contributed by atoms with Crippen LogP contribution in [0.3, 0.4) is 0 Å². The molecule has 2 rings (SSSR count). The van der Waals surface area contributed by atoms with Gasteiger partial charge in [0.25, 0.3) is 0 Å². The molecule has 0 radical (unpaired) electrons. The van der Waals surface area contributed by atoms with Gasteiger partial charge in [0, 0.05) is 38.8 Å². The van der Waals surface area contributed by atoms with E-state index in [4.69, 9.17) is 5.11 Å². The smallest absolute Gasteiger partial charge is 0.237 e. The monoisotopic (exact) mass is 361 g/mol. The SMILES string of the molecule is Cc1ccccc1CN1CCNC(=O)C1CC(=O)N(CCCO)C(C)C. The van der Waals surface area contributed by atoms with Crippen LogP contribution in [0.2, 0.25) is 0 Å². The molecule has 2 amide bonds. The van der Waals surface area contributed by atoms with E-state index < -0.39 is 6.04 Å². The fourth-order valence-corrected chi connectivity index (χ4v) is 3.37. The maximum Gasteiger partial charge on any atom is 0.237 e. The topological polar surface area (TPSA) is 72.9 Å². The largest absolute Gasteiger partial charge is 0.396 e. The molecule has 0 bridgehead atoms. The van der Waals surface area contributed by atoms with Crippen LogP contribution >= 0.6 is 0 Å². The lowest BCUT2D eigenvalue weighted by Gasteiger charge is -2.36. The number of piperazine rings is 1. The summed E-state index contributed by atoms with van der Waals surface area (Å²) >= 11 is 0. The predicted octanol–water partition coefficient (Wildman–Crippen LogP) is 1.30. The van der Waals surface area contributed by atoms with Crippen LogP contribution in [0.25, 0.3) is 0 Å². The molecular formula is C20H31N3O3. The van der Waals surface area contributed by atoms with Crippen LogP contribution in [-0.2, 0) is 16.1 Å². The predicted molar refractivity (Wildman–Crippen MR) is 102 cm³/mol. The molecule has 6 nitrogen and oxygen atoms in total. The summed E-state index contributed by atoms with van der Waals surface area (Å²) in [5.74, 6) is -0.116. The standard InChI is InChI=1S/C20H31N3O3/c1-15(2)23(10-6-12-24)19(25)13-18-20(26)21-9-11-22(18)14-17-8-5-4-7-16(17)3/h4-5,7-8,15,18,24H,6,9-14H2,1-3H3,(H,21,26). The molecule has 1 unspecified atom stereocenters. The molecule has 1 aliphatic rings. The van der Waals surface area contributed by atoms with E-state index in [1.165, 1.54) is 11.1 Å². The Labute approximate surface area is 156 Å². The van der Waals surface area contributed by atoms with Gasteiger partial charge in [-0.15, -0.1) is 0 Å². The Hall–Kier alpha value is -1.92. The van der Waals surface area contributed by atoms with E-state index in [1.54, 1.807) is 4.90 Å². The lowest BCUT2D eigenvalue weighted by molar-refractivity contribution is -0.140. The Morgan fingerprint density at radius 1 is 1.38 bits per heavy atom. The van der Waals surface area contributed by atoms with Crippen LogP contribution in [-0.4, -0.2) is 65.0 Å². The van der Waals surface area contributed by atoms with Crippen molar-refractivity contribution in [1.29, 1.82) is 0 Å². The molecule has 1 atom stereocenters. The summed E-state index contributed by atoms with van der Waals surface area (Å²) in [6.07, 6.45) is 0.717. The number of carbonyl (C=O) groups is 2. The van der Waals surface area contributed by atoms with Gasteiger partial charge < -0.3 is 15.3 Å². The molecule has 1 aromatic carbocycles. The average Bonchev–Trinajstić information content (AvgIpc) is 2.60. The second-order valence-corrected chi connectivity index (χ2v) is 7.17. The van der Waals surface area contributed by atoms with Gasteiger partial charge in [-0.25, -0.2) is 0 Å². The van der Waals surface area contributed by atoms with Crippen LogP contribution in [0, 0.1) is 6.92 Å². The lowest BCUT2D eigenvalue weighted by Crippen LogP contribution is -2.56. The molecule has 1 fully saturated rings. The molecule has 1 aliphatic heterocycles. The number of aryl methyl sites for hydroxylation is 1. The van der Waals surface area contributed by atoms with Crippen molar-refractivity contribution >= 4 is 11.8 Å². The zero-order valence-corrected chi connectivity index (χ0v) is 16.1. The molecule has 2 N–H and O–H groups in total. The summed E-state index contributed by atoms with van der Waals surface area (Å²) in [7, 11) is 0. The number of benzene rings is 1. The number of nitrogens with zero attached hydrogens (tertiary/aromatic N) is 2. The van der Waals surface area contributed by atoms with Crippen LogP contribution in [0.5, 0.6) is 0 Å². The molecule has 1 aromatic rings. The van der Waals surface area contributed by atoms with Gasteiger partial charge >= 0.3 is 0 Å². The number of nitrogens with one attached hydrogen (secondary N) is 1. The van der Waals surface area contributed by atoms with Crippen molar-refractivity contribution in [3.8, 4) is 0 Å². The van der Waals surface area contributed by atoms with Crippen LogP contribution < -0.4 is 5.32 Å². The Bertz CT molecular complexity index is 618. The summed E-state index contributed by atoms with van der Waals surface area (Å²) in [5.41, 5.74) is 2.37. The van der Waals surface area contributed by atoms with E-state index in [-0.39, 0.29) is 30.9 Å². The molecule has 0 aromatic heterocycles. The Kier molecular flexibility index (Phi) is 7.60. The van der Waals surface area contributed by atoms with Gasteiger partial charge in [-0.05, 0) is 38.3 Å². The normalized spacial score (nSPS) is 18.0. The first-order valence-corrected chi connectivity index (χ1v) is 9.40. The summed E-state index contributed by atoms with van der Waals surface area (Å²) in [6, 6.07) is 7.74. The summed E-state index contributed by atoms with van der Waals surface area (Å²) < 4.78 is 0. The fraction of sp³-hybridized carbons (Fsp3) is 0.600. The van der Waals surface area contributed by atoms with E-state index in [0.717, 1.165) is 6.54 Å². The molecule has 0 saturated carbocycles. The van der Waals surface area contributed by atoms with Crippen molar-refractivity contribution < 1.29 is 14.7 Å². The first-order chi connectivity index (χ1) is 12.4. The molecule has 6 heteroatoms. The van der Waals surface area contributed by atoms with Crippen LogP contribution in [0.1, 0.15) is 37.8 Å². The molecule has 1 heterocycles. The van der Waals surface area contributed by atoms with E-state index in [1.807, 2.05) is 26.0 Å². The third kappa shape index (κ3) is 5.29. The van der Waals surface area contributed by atoms with E-state index in [2.05, 4.69) is 29.3 Å². The molecule has 144 valence electrons. The van der Waals surface area contributed by atoms with Crippen LogP contribution in [0.15, 0.2) is 24.3 Å². The molecule has 0 aliphatic carbocycles. The number of rotatable bonds is 8. The highest BCUT2D eigenvalue weighted by Gasteiger charge is 2.33. The van der Waals surface area contributed by atoms with E-state index >= 15 is 0 Å². The Morgan fingerprint density at radius 3 is 2.77 bits per heavy atom. The summed E-state index contributed by atoms with van der Waals surface area (Å²) in [5, 5.41) is 12.0. The zero-order chi connectivity index (χ0) is 19.1. The van der Waals surface area contributed by atoms with Crippen molar-refractivity contribution in [2.45, 2.75) is 52.2 Å². The van der Waals surface area contributed by atoms with Crippen LogP contribution in [0.4, 0.5) is 0 Å². The number of aliphatic hydroxyl groups excluding tert-OH is 1. The number of hydrogen-bond acceptors (Lipinski definition) is 4. The van der Waals surface area contributed by atoms with Gasteiger partial charge in [0.15, 0.2) is 0 Å². The second-order valence-electron chi connectivity index (χ2n) is 7.17. The minimum Gasteiger partial charge on any atom is -0.396 e. The van der Waals surface area contributed by atoms with Crippen molar-refractivity contribution in [3.05, 3.63) is 35.4 Å². The quantitative estimate of drug-likeness (QED) is 0.732. The number of carbonyl (C=O) groups excluding carboxylic acids is 2. The number of amides is 2. The van der Waals surface area contributed by atoms with E-state index in [9.17, 15) is 9.59 Å². The summed E-state index contributed by atoms with van der Waals surface area (Å²) in [6.45, 7) is 8.55. The average molecular weight is 361 g/mol. The molecule has 26 heavy (non-hydrogen) atoms. The highest BCUT2D eigenvalue weighted by Crippen LogP contribution is 2.18. The summed E-state index contributed by atoms with van der Waals surface area (Å²) in [4.78, 5) is 29.1. The number of aliphatic hydroxyl groups is 1. The first-order valence-electron chi connectivity index (χ1n) is 9.40. The highest BCUT2D eigenvalue weighted by molar-refractivity contribution is 5.89. The second kappa shape index (κ2) is 9.69. The maximum atomic E-state index is 12.8. The van der Waals surface area contributed by atoms with Gasteiger partial charge in [0.05, 0.1) is 12.5 Å². The van der Waals surface area contributed by atoms with Gasteiger partial charge in [-0.1, -0.05) is 24.3 Å². The van der Waals surface area contributed by atoms with Gasteiger partial charge in [-0.2, -0.15) is 0 Å². The Balaban J connectivity index is 2.10. The van der Waals surface area contributed by atoms with Gasteiger partial charge in [-0.3, -0.25) is 14.5 Å². The third-order valence-corrected chi connectivity index (χ3v) is 4.95. The third-order valence-electron chi connectivity index (χ3n) is 4.95. The van der Waals surface area contributed by atoms with Crippen molar-refractivity contribution in [3.63, 3.8) is 0 Å².